The van der Waals surface area contributed by atoms with Crippen LogP contribution < -0.4 is 9.80 Å². The van der Waals surface area contributed by atoms with Gasteiger partial charge in [-0.15, -0.1) is 0 Å². The van der Waals surface area contributed by atoms with Gasteiger partial charge in [0.2, 0.25) is 5.89 Å². The van der Waals surface area contributed by atoms with E-state index >= 15 is 0 Å². The summed E-state index contributed by atoms with van der Waals surface area (Å²) in [6.45, 7) is 7.13. The molecule has 1 fully saturated rings. The third kappa shape index (κ3) is 3.37. The monoisotopic (exact) mass is 340 g/mol. The highest BCUT2D eigenvalue weighted by Gasteiger charge is 2.24. The summed E-state index contributed by atoms with van der Waals surface area (Å²) in [6, 6.07) is 7.74. The standard InChI is InChI=1S/C20H28N4O/c1-3-17-8-4-5-12-24(17)18-9-10-19-16(13-18)7-6-11-23(19)14-20-21-15(2)22-25-20/h9-10,13,17H,3-8,11-12,14H2,1-2H3/t17-/m0/s1. The number of anilines is 2. The second kappa shape index (κ2) is 7.06. The van der Waals surface area contributed by atoms with Gasteiger partial charge >= 0.3 is 0 Å². The first-order valence-electron chi connectivity index (χ1n) is 9.68. The molecule has 5 nitrogen and oxygen atoms in total. The van der Waals surface area contributed by atoms with Crippen molar-refractivity contribution in [3.05, 3.63) is 35.5 Å². The summed E-state index contributed by atoms with van der Waals surface area (Å²) in [4.78, 5) is 9.37. The first-order valence-corrected chi connectivity index (χ1v) is 9.68. The van der Waals surface area contributed by atoms with E-state index in [0.717, 1.165) is 13.0 Å². The lowest BCUT2D eigenvalue weighted by molar-refractivity contribution is 0.371. The van der Waals surface area contributed by atoms with Crippen molar-refractivity contribution in [2.75, 3.05) is 22.9 Å². The number of fused-ring (bicyclic) bond motifs is 1. The zero-order valence-corrected chi connectivity index (χ0v) is 15.4. The number of aromatic nitrogens is 2. The third-order valence-corrected chi connectivity index (χ3v) is 5.60. The van der Waals surface area contributed by atoms with Crippen LogP contribution in [-0.4, -0.2) is 29.3 Å². The molecule has 0 saturated carbocycles. The minimum Gasteiger partial charge on any atom is -0.369 e. The molecular formula is C20H28N4O. The Morgan fingerprint density at radius 2 is 2.12 bits per heavy atom. The minimum atomic E-state index is 0.702. The quantitative estimate of drug-likeness (QED) is 0.838. The van der Waals surface area contributed by atoms with Gasteiger partial charge in [0, 0.05) is 30.5 Å². The van der Waals surface area contributed by atoms with E-state index in [1.165, 1.54) is 55.6 Å². The van der Waals surface area contributed by atoms with Gasteiger partial charge in [0.25, 0.3) is 0 Å². The molecule has 134 valence electrons. The number of piperidine rings is 1. The smallest absolute Gasteiger partial charge is 0.246 e. The fourth-order valence-corrected chi connectivity index (χ4v) is 4.34. The van der Waals surface area contributed by atoms with Crippen LogP contribution in [0.1, 0.15) is 56.3 Å². The highest BCUT2D eigenvalue weighted by molar-refractivity contribution is 5.63. The molecule has 4 rings (SSSR count). The lowest BCUT2D eigenvalue weighted by Gasteiger charge is -2.38. The van der Waals surface area contributed by atoms with Gasteiger partial charge in [-0.25, -0.2) is 0 Å². The van der Waals surface area contributed by atoms with Crippen molar-refractivity contribution in [2.45, 2.75) is 65.0 Å². The molecule has 0 radical (unpaired) electrons. The third-order valence-electron chi connectivity index (χ3n) is 5.60. The second-order valence-electron chi connectivity index (χ2n) is 7.32. The Labute approximate surface area is 150 Å². The van der Waals surface area contributed by atoms with Crippen LogP contribution in [0.4, 0.5) is 11.4 Å². The van der Waals surface area contributed by atoms with Crippen LogP contribution in [0.15, 0.2) is 22.7 Å². The number of rotatable bonds is 4. The molecule has 2 aliphatic heterocycles. The Morgan fingerprint density at radius 1 is 1.20 bits per heavy atom. The maximum atomic E-state index is 5.32. The average Bonchev–Trinajstić information content (AvgIpc) is 3.06. The maximum Gasteiger partial charge on any atom is 0.246 e. The van der Waals surface area contributed by atoms with E-state index in [-0.39, 0.29) is 0 Å². The number of nitrogens with zero attached hydrogens (tertiary/aromatic N) is 4. The van der Waals surface area contributed by atoms with E-state index in [4.69, 9.17) is 4.52 Å². The van der Waals surface area contributed by atoms with Gasteiger partial charge in [-0.05, 0) is 69.2 Å². The summed E-state index contributed by atoms with van der Waals surface area (Å²) in [7, 11) is 0. The van der Waals surface area contributed by atoms with Gasteiger partial charge in [-0.2, -0.15) is 4.98 Å². The molecular weight excluding hydrogens is 312 g/mol. The summed E-state index contributed by atoms with van der Waals surface area (Å²) in [5.41, 5.74) is 4.19. The maximum absolute atomic E-state index is 5.32. The van der Waals surface area contributed by atoms with Crippen molar-refractivity contribution in [2.24, 2.45) is 0 Å². The molecule has 3 heterocycles. The van der Waals surface area contributed by atoms with Gasteiger partial charge in [0.05, 0.1) is 6.54 Å². The Bertz CT molecular complexity index is 726. The minimum absolute atomic E-state index is 0.702. The van der Waals surface area contributed by atoms with Crippen molar-refractivity contribution >= 4 is 11.4 Å². The van der Waals surface area contributed by atoms with Crippen molar-refractivity contribution in [1.29, 1.82) is 0 Å². The van der Waals surface area contributed by atoms with E-state index in [1.807, 2.05) is 6.92 Å². The van der Waals surface area contributed by atoms with E-state index in [9.17, 15) is 0 Å². The highest BCUT2D eigenvalue weighted by Crippen LogP contribution is 2.34. The van der Waals surface area contributed by atoms with E-state index in [2.05, 4.69) is 45.1 Å². The molecule has 5 heteroatoms. The summed E-state index contributed by atoms with van der Waals surface area (Å²) in [5, 5.41) is 3.91. The van der Waals surface area contributed by atoms with Crippen LogP contribution >= 0.6 is 0 Å². The van der Waals surface area contributed by atoms with Crippen molar-refractivity contribution < 1.29 is 4.52 Å². The Hall–Kier alpha value is -2.04. The van der Waals surface area contributed by atoms with Crippen LogP contribution in [0.5, 0.6) is 0 Å². The number of hydrogen-bond acceptors (Lipinski definition) is 5. The molecule has 1 atom stereocenters. The molecule has 0 aliphatic carbocycles. The zero-order valence-electron chi connectivity index (χ0n) is 15.4. The SMILES string of the molecule is CC[C@H]1CCCCN1c1ccc2c(c1)CCCN2Cc1nc(C)no1. The van der Waals surface area contributed by atoms with Crippen LogP contribution in [-0.2, 0) is 13.0 Å². The molecule has 2 aromatic rings. The molecule has 0 amide bonds. The molecule has 1 aromatic carbocycles. The van der Waals surface area contributed by atoms with Crippen LogP contribution in [0.25, 0.3) is 0 Å². The summed E-state index contributed by atoms with van der Waals surface area (Å²) >= 11 is 0. The van der Waals surface area contributed by atoms with Crippen molar-refractivity contribution in [3.63, 3.8) is 0 Å². The Balaban J connectivity index is 1.57. The summed E-state index contributed by atoms with van der Waals surface area (Å²) in [6.07, 6.45) is 7.59. The predicted octanol–water partition coefficient (Wildman–Crippen LogP) is 4.10. The normalized spacial score (nSPS) is 20.6. The van der Waals surface area contributed by atoms with Gasteiger partial charge in [0.15, 0.2) is 5.82 Å². The lowest BCUT2D eigenvalue weighted by atomic mass is 9.96. The lowest BCUT2D eigenvalue weighted by Crippen LogP contribution is -2.39. The molecule has 1 aromatic heterocycles. The van der Waals surface area contributed by atoms with Crippen molar-refractivity contribution in [3.8, 4) is 0 Å². The van der Waals surface area contributed by atoms with Crippen LogP contribution in [0.3, 0.4) is 0 Å². The number of aryl methyl sites for hydroxylation is 2. The number of benzene rings is 1. The topological polar surface area (TPSA) is 45.4 Å². The average molecular weight is 340 g/mol. The van der Waals surface area contributed by atoms with Gasteiger partial charge < -0.3 is 14.3 Å². The van der Waals surface area contributed by atoms with Gasteiger partial charge in [0.1, 0.15) is 0 Å². The molecule has 0 unspecified atom stereocenters. The fraction of sp³-hybridized carbons (Fsp3) is 0.600. The molecule has 1 saturated heterocycles. The molecule has 0 N–H and O–H groups in total. The Kier molecular flexibility index (Phi) is 4.64. The first-order chi connectivity index (χ1) is 12.2. The van der Waals surface area contributed by atoms with Gasteiger partial charge in [-0.1, -0.05) is 12.1 Å². The summed E-state index contributed by atoms with van der Waals surface area (Å²) < 4.78 is 5.32. The van der Waals surface area contributed by atoms with E-state index in [0.29, 0.717) is 24.3 Å². The first kappa shape index (κ1) is 16.4. The molecule has 0 spiro atoms. The van der Waals surface area contributed by atoms with Crippen LogP contribution in [0, 0.1) is 6.92 Å². The second-order valence-corrected chi connectivity index (χ2v) is 7.32. The Morgan fingerprint density at radius 3 is 2.92 bits per heavy atom. The largest absolute Gasteiger partial charge is 0.369 e. The molecule has 25 heavy (non-hydrogen) atoms. The van der Waals surface area contributed by atoms with Crippen LogP contribution in [0.2, 0.25) is 0 Å². The highest BCUT2D eigenvalue weighted by atomic mass is 16.5. The molecule has 0 bridgehead atoms. The zero-order chi connectivity index (χ0) is 17.2. The fourth-order valence-electron chi connectivity index (χ4n) is 4.34. The van der Waals surface area contributed by atoms with Crippen molar-refractivity contribution in [1.82, 2.24) is 10.1 Å². The van der Waals surface area contributed by atoms with Gasteiger partial charge in [-0.3, -0.25) is 0 Å². The molecule has 2 aliphatic rings. The van der Waals surface area contributed by atoms with E-state index < -0.39 is 0 Å². The van der Waals surface area contributed by atoms with E-state index in [1.54, 1.807) is 0 Å². The predicted molar refractivity (Wildman–Crippen MR) is 100 cm³/mol. The summed E-state index contributed by atoms with van der Waals surface area (Å²) in [5.74, 6) is 1.41. The number of hydrogen-bond donors (Lipinski definition) is 0.